The summed E-state index contributed by atoms with van der Waals surface area (Å²) < 4.78 is 12.9. The van der Waals surface area contributed by atoms with Crippen LogP contribution in [0.2, 0.25) is 0 Å². The van der Waals surface area contributed by atoms with Crippen molar-refractivity contribution in [2.75, 3.05) is 13.1 Å². The van der Waals surface area contributed by atoms with Gasteiger partial charge in [-0.1, -0.05) is 0 Å². The zero-order valence-corrected chi connectivity index (χ0v) is 12.2. The summed E-state index contributed by atoms with van der Waals surface area (Å²) in [6, 6.07) is 5.31. The van der Waals surface area contributed by atoms with Gasteiger partial charge in [0.15, 0.2) is 0 Å². The maximum absolute atomic E-state index is 12.9. The van der Waals surface area contributed by atoms with Crippen molar-refractivity contribution in [1.82, 2.24) is 15.5 Å². The zero-order chi connectivity index (χ0) is 15.4. The number of hydrogen-bond donors (Lipinski definition) is 2. The molecule has 2 N–H and O–H groups in total. The first-order valence-electron chi connectivity index (χ1n) is 7.07. The Morgan fingerprint density at radius 1 is 1.29 bits per heavy atom. The van der Waals surface area contributed by atoms with Crippen LogP contribution in [0.25, 0.3) is 0 Å². The number of benzene rings is 1. The third-order valence-corrected chi connectivity index (χ3v) is 3.32. The second kappa shape index (κ2) is 6.56. The summed E-state index contributed by atoms with van der Waals surface area (Å²) in [7, 11) is 0. The fraction of sp³-hybridized carbons (Fsp3) is 0.467. The second-order valence-electron chi connectivity index (χ2n) is 5.52. The van der Waals surface area contributed by atoms with E-state index in [-0.39, 0.29) is 29.8 Å². The molecule has 1 saturated heterocycles. The van der Waals surface area contributed by atoms with E-state index in [0.29, 0.717) is 18.7 Å². The van der Waals surface area contributed by atoms with Crippen molar-refractivity contribution >= 4 is 11.9 Å². The molecule has 21 heavy (non-hydrogen) atoms. The van der Waals surface area contributed by atoms with E-state index in [2.05, 4.69) is 10.6 Å². The Morgan fingerprint density at radius 3 is 2.57 bits per heavy atom. The molecule has 1 fully saturated rings. The van der Waals surface area contributed by atoms with Crippen molar-refractivity contribution < 1.29 is 14.0 Å². The Balaban J connectivity index is 1.88. The van der Waals surface area contributed by atoms with Gasteiger partial charge in [0, 0.05) is 30.7 Å². The smallest absolute Gasteiger partial charge is 0.315 e. The van der Waals surface area contributed by atoms with E-state index in [1.807, 2.05) is 13.8 Å². The van der Waals surface area contributed by atoms with Crippen LogP contribution in [-0.4, -0.2) is 42.0 Å². The van der Waals surface area contributed by atoms with Gasteiger partial charge in [-0.25, -0.2) is 9.18 Å². The number of hydrogen-bond acceptors (Lipinski definition) is 2. The maximum atomic E-state index is 12.9. The molecule has 2 rings (SSSR count). The predicted octanol–water partition coefficient (Wildman–Crippen LogP) is 1.75. The number of nitrogens with zero attached hydrogens (tertiary/aromatic N) is 1. The quantitative estimate of drug-likeness (QED) is 0.892. The molecule has 1 aliphatic rings. The monoisotopic (exact) mass is 293 g/mol. The molecule has 0 saturated carbocycles. The maximum Gasteiger partial charge on any atom is 0.315 e. The highest BCUT2D eigenvalue weighted by Crippen LogP contribution is 2.14. The molecule has 1 aromatic carbocycles. The van der Waals surface area contributed by atoms with Gasteiger partial charge < -0.3 is 15.5 Å². The van der Waals surface area contributed by atoms with E-state index in [0.717, 1.165) is 6.42 Å². The van der Waals surface area contributed by atoms with Crippen LogP contribution < -0.4 is 10.6 Å². The van der Waals surface area contributed by atoms with Crippen LogP contribution in [-0.2, 0) is 0 Å². The topological polar surface area (TPSA) is 61.4 Å². The second-order valence-corrected chi connectivity index (χ2v) is 5.52. The number of likely N-dealkylation sites (tertiary alicyclic amines) is 1. The fourth-order valence-corrected chi connectivity index (χ4v) is 2.33. The van der Waals surface area contributed by atoms with E-state index in [1.165, 1.54) is 24.3 Å². The summed E-state index contributed by atoms with van der Waals surface area (Å²) in [5, 5.41) is 5.61. The molecule has 6 heteroatoms. The third-order valence-electron chi connectivity index (χ3n) is 3.32. The number of carbonyl (C=O) groups is 2. The average molecular weight is 293 g/mol. The number of rotatable bonds is 3. The third kappa shape index (κ3) is 4.18. The molecule has 0 unspecified atom stereocenters. The van der Waals surface area contributed by atoms with E-state index in [9.17, 15) is 14.0 Å². The largest absolute Gasteiger partial charge is 0.337 e. The molecule has 1 heterocycles. The number of carbonyl (C=O) groups excluding carboxylic acids is 2. The van der Waals surface area contributed by atoms with Crippen molar-refractivity contribution in [3.63, 3.8) is 0 Å². The summed E-state index contributed by atoms with van der Waals surface area (Å²) in [6.07, 6.45) is 0.721. The summed E-state index contributed by atoms with van der Waals surface area (Å²) >= 11 is 0. The summed E-state index contributed by atoms with van der Waals surface area (Å²) in [5.74, 6) is -0.499. The highest BCUT2D eigenvalue weighted by Gasteiger charge is 2.27. The molecular formula is C15H20FN3O2. The van der Waals surface area contributed by atoms with E-state index in [1.54, 1.807) is 4.90 Å². The van der Waals surface area contributed by atoms with Crippen LogP contribution in [0.15, 0.2) is 24.3 Å². The van der Waals surface area contributed by atoms with E-state index >= 15 is 0 Å². The molecule has 0 aromatic heterocycles. The van der Waals surface area contributed by atoms with Crippen molar-refractivity contribution in [3.05, 3.63) is 35.6 Å². The molecule has 5 nitrogen and oxygen atoms in total. The standard InChI is InChI=1S/C15H20FN3O2/c1-10(2)17-15(21)18-13-7-8-19(9-13)14(20)11-3-5-12(16)6-4-11/h3-6,10,13H,7-9H2,1-2H3,(H2,17,18,21)/t13-/m0/s1. The molecular weight excluding hydrogens is 273 g/mol. The Labute approximate surface area is 123 Å². The molecule has 1 aliphatic heterocycles. The fourth-order valence-electron chi connectivity index (χ4n) is 2.33. The van der Waals surface area contributed by atoms with Gasteiger partial charge in [0.25, 0.3) is 5.91 Å². The van der Waals surface area contributed by atoms with Crippen molar-refractivity contribution in [1.29, 1.82) is 0 Å². The van der Waals surface area contributed by atoms with Gasteiger partial charge in [-0.05, 0) is 44.5 Å². The summed E-state index contributed by atoms with van der Waals surface area (Å²) in [6.45, 7) is 4.84. The van der Waals surface area contributed by atoms with Gasteiger partial charge in [-0.2, -0.15) is 0 Å². The van der Waals surface area contributed by atoms with Crippen molar-refractivity contribution in [3.8, 4) is 0 Å². The summed E-state index contributed by atoms with van der Waals surface area (Å²) in [4.78, 5) is 25.5. The SMILES string of the molecule is CC(C)NC(=O)N[C@H]1CCN(C(=O)c2ccc(F)cc2)C1. The molecule has 0 spiro atoms. The van der Waals surface area contributed by atoms with E-state index in [4.69, 9.17) is 0 Å². The van der Waals surface area contributed by atoms with Crippen LogP contribution in [0, 0.1) is 5.82 Å². The average Bonchev–Trinajstić information content (AvgIpc) is 2.86. The lowest BCUT2D eigenvalue weighted by Crippen LogP contribution is -2.45. The van der Waals surface area contributed by atoms with Gasteiger partial charge in [0.2, 0.25) is 0 Å². The zero-order valence-electron chi connectivity index (χ0n) is 12.2. The van der Waals surface area contributed by atoms with Gasteiger partial charge in [-0.15, -0.1) is 0 Å². The molecule has 114 valence electrons. The molecule has 1 aromatic rings. The van der Waals surface area contributed by atoms with Crippen LogP contribution >= 0.6 is 0 Å². The minimum atomic E-state index is -0.363. The van der Waals surface area contributed by atoms with Crippen LogP contribution in [0.3, 0.4) is 0 Å². The van der Waals surface area contributed by atoms with Crippen molar-refractivity contribution in [2.24, 2.45) is 0 Å². The van der Waals surface area contributed by atoms with Crippen molar-refractivity contribution in [2.45, 2.75) is 32.4 Å². The van der Waals surface area contributed by atoms with Crippen LogP contribution in [0.4, 0.5) is 9.18 Å². The number of halogens is 1. The lowest BCUT2D eigenvalue weighted by Gasteiger charge is -2.18. The first-order valence-corrected chi connectivity index (χ1v) is 7.07. The van der Waals surface area contributed by atoms with E-state index < -0.39 is 0 Å². The molecule has 1 atom stereocenters. The highest BCUT2D eigenvalue weighted by atomic mass is 19.1. The molecule has 0 bridgehead atoms. The van der Waals surface area contributed by atoms with Gasteiger partial charge in [-0.3, -0.25) is 4.79 Å². The number of nitrogens with one attached hydrogen (secondary N) is 2. The first-order chi connectivity index (χ1) is 9.95. The molecule has 0 radical (unpaired) electrons. The Bertz CT molecular complexity index is 516. The first kappa shape index (κ1) is 15.3. The van der Waals surface area contributed by atoms with Gasteiger partial charge in [0.05, 0.1) is 0 Å². The Kier molecular flexibility index (Phi) is 4.77. The lowest BCUT2D eigenvalue weighted by molar-refractivity contribution is 0.0789. The van der Waals surface area contributed by atoms with Crippen LogP contribution in [0.1, 0.15) is 30.6 Å². The van der Waals surface area contributed by atoms with Gasteiger partial charge in [0.1, 0.15) is 5.82 Å². The number of urea groups is 1. The van der Waals surface area contributed by atoms with Crippen LogP contribution in [0.5, 0.6) is 0 Å². The predicted molar refractivity (Wildman–Crippen MR) is 77.5 cm³/mol. The van der Waals surface area contributed by atoms with Gasteiger partial charge >= 0.3 is 6.03 Å². The minimum Gasteiger partial charge on any atom is -0.337 e. The number of amides is 3. The Hall–Kier alpha value is -2.11. The molecule has 3 amide bonds. The Morgan fingerprint density at radius 2 is 1.95 bits per heavy atom. The normalized spacial score (nSPS) is 17.9. The minimum absolute atomic E-state index is 0.0480. The molecule has 0 aliphatic carbocycles. The highest BCUT2D eigenvalue weighted by molar-refractivity contribution is 5.94. The summed E-state index contributed by atoms with van der Waals surface area (Å²) in [5.41, 5.74) is 0.462. The lowest BCUT2D eigenvalue weighted by atomic mass is 10.2.